The molecular weight excluding hydrogens is 128 g/mol. The fourth-order valence-electron chi connectivity index (χ4n) is 0.906. The minimum absolute atomic E-state index is 0. The Labute approximate surface area is 58.4 Å². The highest BCUT2D eigenvalue weighted by Gasteiger charge is 1.89. The van der Waals surface area contributed by atoms with Gasteiger partial charge in [-0.05, 0) is 12.1 Å². The average Bonchev–Trinajstić information content (AvgIpc) is 2.33. The Kier molecular flexibility index (Phi) is 1.73. The van der Waals surface area contributed by atoms with Gasteiger partial charge < -0.3 is 4.42 Å². The highest BCUT2D eigenvalue weighted by atomic mass is 16.3. The van der Waals surface area contributed by atoms with E-state index in [0.29, 0.717) is 0 Å². The molecule has 2 radical (unpaired) electrons. The summed E-state index contributed by atoms with van der Waals surface area (Å²) in [5, 5.41) is 1.16. The van der Waals surface area contributed by atoms with Gasteiger partial charge in [-0.2, -0.15) is 0 Å². The molecule has 0 saturated heterocycles. The van der Waals surface area contributed by atoms with E-state index in [2.05, 4.69) is 0 Å². The molecule has 0 atom stereocenters. The lowest BCUT2D eigenvalue weighted by Gasteiger charge is -1.81. The molecule has 0 aliphatic carbocycles. The lowest BCUT2D eigenvalue weighted by molar-refractivity contribution is 0.616. The smallest absolute Gasteiger partial charge is 0.133 e. The van der Waals surface area contributed by atoms with Crippen LogP contribution in [0.1, 0.15) is 0 Å². The number of para-hydroxylation sites is 1. The number of fused-ring (bicyclic) bond motifs is 1. The molecule has 50 valence electrons. The Morgan fingerprint density at radius 3 is 2.60 bits per heavy atom. The lowest BCUT2D eigenvalue weighted by Crippen LogP contribution is -1.57. The monoisotopic (exact) mass is 134 g/mol. The molecule has 0 spiro atoms. The number of benzene rings is 1. The average molecular weight is 134 g/mol. The molecule has 0 saturated carbocycles. The number of hydrogen-bond acceptors (Lipinski definition) is 1. The first kappa shape index (κ1) is 6.83. The predicted octanol–water partition coefficient (Wildman–Crippen LogP) is 2.31. The van der Waals surface area contributed by atoms with Crippen molar-refractivity contribution in [2.75, 3.05) is 0 Å². The Hall–Kier alpha value is -1.28. The van der Waals surface area contributed by atoms with Crippen LogP contribution < -0.4 is 0 Å². The lowest BCUT2D eigenvalue weighted by atomic mass is 10.3. The van der Waals surface area contributed by atoms with E-state index in [1.54, 1.807) is 6.26 Å². The highest BCUT2D eigenvalue weighted by Crippen LogP contribution is 2.12. The standard InChI is InChI=1S/C8H6O.O/c1-2-4-8-7(3-1)5-6-9-8;/h1-6H;. The molecule has 0 bridgehead atoms. The van der Waals surface area contributed by atoms with E-state index in [-0.39, 0.29) is 5.48 Å². The maximum absolute atomic E-state index is 5.12. The predicted molar refractivity (Wildman–Crippen MR) is 36.9 cm³/mol. The zero-order chi connectivity index (χ0) is 6.10. The van der Waals surface area contributed by atoms with E-state index in [1.165, 1.54) is 0 Å². The van der Waals surface area contributed by atoms with Crippen LogP contribution in [0.5, 0.6) is 0 Å². The molecule has 2 rings (SSSR count). The second-order valence-corrected chi connectivity index (χ2v) is 1.96. The summed E-state index contributed by atoms with van der Waals surface area (Å²) < 4.78 is 5.12. The molecule has 10 heavy (non-hydrogen) atoms. The number of hydrogen-bond donors (Lipinski definition) is 0. The van der Waals surface area contributed by atoms with Gasteiger partial charge in [-0.15, -0.1) is 0 Å². The SMILES string of the molecule is [O].c1ccc2occc2c1. The molecule has 2 aromatic rings. The van der Waals surface area contributed by atoms with Gasteiger partial charge in [-0.3, -0.25) is 0 Å². The van der Waals surface area contributed by atoms with E-state index in [1.807, 2.05) is 30.3 Å². The summed E-state index contributed by atoms with van der Waals surface area (Å²) in [5.74, 6) is 0. The summed E-state index contributed by atoms with van der Waals surface area (Å²) in [5.41, 5.74) is 0.956. The van der Waals surface area contributed by atoms with E-state index < -0.39 is 0 Å². The fourth-order valence-corrected chi connectivity index (χ4v) is 0.906. The second-order valence-electron chi connectivity index (χ2n) is 1.96. The van der Waals surface area contributed by atoms with Crippen LogP contribution in [0.15, 0.2) is 41.0 Å². The van der Waals surface area contributed by atoms with Crippen molar-refractivity contribution in [3.05, 3.63) is 36.6 Å². The third-order valence-corrected chi connectivity index (χ3v) is 1.36. The van der Waals surface area contributed by atoms with Crippen molar-refractivity contribution in [2.24, 2.45) is 0 Å². The van der Waals surface area contributed by atoms with Crippen LogP contribution in [0.3, 0.4) is 0 Å². The molecule has 0 amide bonds. The first-order valence-corrected chi connectivity index (χ1v) is 2.89. The van der Waals surface area contributed by atoms with Crippen LogP contribution in [0.25, 0.3) is 11.0 Å². The largest absolute Gasteiger partial charge is 0.464 e. The van der Waals surface area contributed by atoms with Gasteiger partial charge in [-0.1, -0.05) is 18.2 Å². The van der Waals surface area contributed by atoms with Crippen LogP contribution in [0, 0.1) is 0 Å². The first-order chi connectivity index (χ1) is 4.47. The normalized spacial score (nSPS) is 9.20. The molecule has 1 heterocycles. The summed E-state index contributed by atoms with van der Waals surface area (Å²) >= 11 is 0. The van der Waals surface area contributed by atoms with Gasteiger partial charge in [0, 0.05) is 10.9 Å². The van der Waals surface area contributed by atoms with E-state index >= 15 is 0 Å². The van der Waals surface area contributed by atoms with E-state index in [0.717, 1.165) is 11.0 Å². The molecule has 0 aliphatic rings. The molecule has 0 aliphatic heterocycles. The van der Waals surface area contributed by atoms with Crippen molar-refractivity contribution < 1.29 is 9.89 Å². The molecule has 1 aromatic carbocycles. The van der Waals surface area contributed by atoms with Crippen LogP contribution in [0.2, 0.25) is 0 Å². The minimum Gasteiger partial charge on any atom is -0.464 e. The second kappa shape index (κ2) is 2.54. The van der Waals surface area contributed by atoms with Crippen LogP contribution in [-0.2, 0) is 5.48 Å². The van der Waals surface area contributed by atoms with Gasteiger partial charge in [-0.25, -0.2) is 0 Å². The van der Waals surface area contributed by atoms with Crippen molar-refractivity contribution >= 4 is 11.0 Å². The molecule has 0 unspecified atom stereocenters. The Morgan fingerprint density at radius 1 is 1.00 bits per heavy atom. The van der Waals surface area contributed by atoms with Crippen molar-refractivity contribution in [2.45, 2.75) is 0 Å². The van der Waals surface area contributed by atoms with Gasteiger partial charge in [0.15, 0.2) is 0 Å². The van der Waals surface area contributed by atoms with Gasteiger partial charge in [0.1, 0.15) is 5.58 Å². The summed E-state index contributed by atoms with van der Waals surface area (Å²) in [6.07, 6.45) is 1.70. The van der Waals surface area contributed by atoms with Gasteiger partial charge in [0.25, 0.3) is 0 Å². The molecule has 2 nitrogen and oxygen atoms in total. The van der Waals surface area contributed by atoms with E-state index in [4.69, 9.17) is 4.42 Å². The maximum Gasteiger partial charge on any atom is 0.133 e. The van der Waals surface area contributed by atoms with Crippen molar-refractivity contribution in [3.8, 4) is 0 Å². The Morgan fingerprint density at radius 2 is 1.80 bits per heavy atom. The third kappa shape index (κ3) is 0.890. The topological polar surface area (TPSA) is 41.6 Å². The number of furan rings is 1. The molecule has 0 N–H and O–H groups in total. The molecule has 1 aromatic heterocycles. The molecule has 2 heteroatoms. The van der Waals surface area contributed by atoms with E-state index in [9.17, 15) is 0 Å². The van der Waals surface area contributed by atoms with Crippen molar-refractivity contribution in [1.29, 1.82) is 0 Å². The fraction of sp³-hybridized carbons (Fsp3) is 0. The summed E-state index contributed by atoms with van der Waals surface area (Å²) in [6, 6.07) is 9.90. The highest BCUT2D eigenvalue weighted by molar-refractivity contribution is 5.76. The number of rotatable bonds is 0. The summed E-state index contributed by atoms with van der Waals surface area (Å²) in [7, 11) is 0. The van der Waals surface area contributed by atoms with Crippen molar-refractivity contribution in [3.63, 3.8) is 0 Å². The van der Waals surface area contributed by atoms with Crippen LogP contribution in [-0.4, -0.2) is 0 Å². The van der Waals surface area contributed by atoms with Crippen LogP contribution in [0.4, 0.5) is 0 Å². The summed E-state index contributed by atoms with van der Waals surface area (Å²) in [6.45, 7) is 0. The molecular formula is C8H6O2. The van der Waals surface area contributed by atoms with Crippen LogP contribution >= 0.6 is 0 Å². The van der Waals surface area contributed by atoms with Crippen molar-refractivity contribution in [1.82, 2.24) is 0 Å². The first-order valence-electron chi connectivity index (χ1n) is 2.89. The Balaban J connectivity index is 0.000000500. The van der Waals surface area contributed by atoms with Gasteiger partial charge in [0.2, 0.25) is 0 Å². The summed E-state index contributed by atoms with van der Waals surface area (Å²) in [4.78, 5) is 0. The minimum atomic E-state index is 0. The molecule has 0 fully saturated rings. The zero-order valence-corrected chi connectivity index (χ0v) is 5.28. The Bertz CT molecular complexity index is 281. The zero-order valence-electron chi connectivity index (χ0n) is 5.28. The maximum atomic E-state index is 5.12. The third-order valence-electron chi connectivity index (χ3n) is 1.36. The quantitative estimate of drug-likeness (QED) is 0.545. The van der Waals surface area contributed by atoms with Gasteiger partial charge >= 0.3 is 0 Å². The van der Waals surface area contributed by atoms with Gasteiger partial charge in [0.05, 0.1) is 6.26 Å².